The summed E-state index contributed by atoms with van der Waals surface area (Å²) in [5.41, 5.74) is 1.65. The molecule has 6 rings (SSSR count). The second kappa shape index (κ2) is 9.70. The molecule has 13 heteroatoms. The summed E-state index contributed by atoms with van der Waals surface area (Å²) in [7, 11) is 1.43. The number of nitrogens with zero attached hydrogens (tertiary/aromatic N) is 6. The molecule has 3 aromatic heterocycles. The van der Waals surface area contributed by atoms with Gasteiger partial charge in [-0.2, -0.15) is 4.98 Å². The molecule has 2 atom stereocenters. The molecule has 1 N–H and O–H groups in total. The number of aromatic nitrogens is 5. The van der Waals surface area contributed by atoms with Gasteiger partial charge in [-0.25, -0.2) is 27.1 Å². The largest absolute Gasteiger partial charge is 0.479 e. The number of ether oxygens (including phenoxy) is 2. The maximum atomic E-state index is 15.1. The van der Waals surface area contributed by atoms with Gasteiger partial charge in [0, 0.05) is 24.8 Å². The number of nitrogens with one attached hydrogen (secondary N) is 1. The molecule has 38 heavy (non-hydrogen) atoms. The number of hydrogen-bond donors (Lipinski definition) is 1. The van der Waals surface area contributed by atoms with Crippen molar-refractivity contribution in [3.05, 3.63) is 36.0 Å². The van der Waals surface area contributed by atoms with E-state index in [0.717, 1.165) is 0 Å². The average molecular weight is 535 g/mol. The van der Waals surface area contributed by atoms with Crippen molar-refractivity contribution >= 4 is 22.5 Å². The number of halogens is 4. The maximum absolute atomic E-state index is 15.1. The van der Waals surface area contributed by atoms with Crippen LogP contribution in [0.25, 0.3) is 27.7 Å². The highest BCUT2D eigenvalue weighted by molar-refractivity contribution is 5.90. The Hall–Kier alpha value is -3.45. The molecule has 1 aromatic carbocycles. The lowest BCUT2D eigenvalue weighted by Crippen LogP contribution is -2.57. The topological polar surface area (TPSA) is 81.7 Å². The standard InChI is InChI=1S/C25H27F4N7O2/c1-13-30-22-17(26)7-14(8-20(22)35(13)10-21(28)29)16-3-6-36-23(16)24(37-2)32-25(33-36)31-19-4-5-34(9-18(19)27)15-11-38-12-15/h3,6-8,15,18-19,21H,4-5,9-12H2,1-2H3,(H,31,33)/t18-,19-/m1/s1/i15D. The van der Waals surface area contributed by atoms with E-state index in [1.807, 2.05) is 0 Å². The fourth-order valence-corrected chi connectivity index (χ4v) is 5.15. The average Bonchev–Trinajstić information content (AvgIpc) is 3.44. The first-order chi connectivity index (χ1) is 18.7. The van der Waals surface area contributed by atoms with E-state index in [0.29, 0.717) is 29.6 Å². The van der Waals surface area contributed by atoms with Gasteiger partial charge in [-0.1, -0.05) is 0 Å². The van der Waals surface area contributed by atoms with Crippen LogP contribution in [0, 0.1) is 12.7 Å². The van der Waals surface area contributed by atoms with Crippen LogP contribution in [0.5, 0.6) is 5.88 Å². The van der Waals surface area contributed by atoms with Gasteiger partial charge < -0.3 is 19.4 Å². The molecule has 2 saturated heterocycles. The molecule has 0 radical (unpaired) electrons. The van der Waals surface area contributed by atoms with Gasteiger partial charge in [-0.3, -0.25) is 4.90 Å². The zero-order valence-electron chi connectivity index (χ0n) is 21.8. The van der Waals surface area contributed by atoms with Gasteiger partial charge in [-0.15, -0.1) is 5.10 Å². The van der Waals surface area contributed by atoms with E-state index in [9.17, 15) is 8.78 Å². The Balaban J connectivity index is 1.31. The molecule has 0 spiro atoms. The van der Waals surface area contributed by atoms with E-state index >= 15 is 8.78 Å². The minimum atomic E-state index is -2.63. The maximum Gasteiger partial charge on any atom is 0.256 e. The normalized spacial score (nSPS) is 22.1. The lowest BCUT2D eigenvalue weighted by molar-refractivity contribution is -0.0794. The van der Waals surface area contributed by atoms with Crippen molar-refractivity contribution in [2.45, 2.75) is 44.5 Å². The first kappa shape index (κ1) is 23.7. The highest BCUT2D eigenvalue weighted by atomic mass is 19.3. The number of piperidine rings is 1. The summed E-state index contributed by atoms with van der Waals surface area (Å²) in [4.78, 5) is 10.4. The summed E-state index contributed by atoms with van der Waals surface area (Å²) >= 11 is 0. The monoisotopic (exact) mass is 534 g/mol. The number of likely N-dealkylation sites (tertiary alicyclic amines) is 1. The Labute approximate surface area is 216 Å². The predicted molar refractivity (Wildman–Crippen MR) is 132 cm³/mol. The van der Waals surface area contributed by atoms with Gasteiger partial charge in [-0.05, 0) is 37.1 Å². The van der Waals surface area contributed by atoms with Gasteiger partial charge in [0.2, 0.25) is 11.8 Å². The Bertz CT molecular complexity index is 1540. The molecule has 2 fully saturated rings. The number of hydrogen-bond acceptors (Lipinski definition) is 7. The van der Waals surface area contributed by atoms with Crippen molar-refractivity contribution in [3.8, 4) is 17.0 Å². The summed E-state index contributed by atoms with van der Waals surface area (Å²) in [5.74, 6) is -0.0210. The SMILES string of the molecule is [2H]C1(N2CC[C@@H](Nc3nc(OC)c4c(-c5cc(F)c6nc(C)n(CC(F)F)c6c5)ccn4n3)[C@H](F)C2)COC1. The van der Waals surface area contributed by atoms with Crippen LogP contribution in [0.3, 0.4) is 0 Å². The zero-order valence-corrected chi connectivity index (χ0v) is 20.8. The molecular formula is C25H27F4N7O2. The van der Waals surface area contributed by atoms with Crippen molar-refractivity contribution in [2.24, 2.45) is 0 Å². The van der Waals surface area contributed by atoms with Crippen LogP contribution in [0.2, 0.25) is 0 Å². The quantitative estimate of drug-likeness (QED) is 0.362. The first-order valence-corrected chi connectivity index (χ1v) is 12.3. The second-order valence-corrected chi connectivity index (χ2v) is 9.51. The van der Waals surface area contributed by atoms with Crippen molar-refractivity contribution in [3.63, 3.8) is 0 Å². The van der Waals surface area contributed by atoms with Crippen molar-refractivity contribution in [2.75, 3.05) is 38.7 Å². The number of benzene rings is 1. The third-order valence-corrected chi connectivity index (χ3v) is 7.14. The molecule has 0 amide bonds. The highest BCUT2D eigenvalue weighted by Gasteiger charge is 2.35. The highest BCUT2D eigenvalue weighted by Crippen LogP contribution is 2.35. The molecule has 2 aliphatic rings. The third kappa shape index (κ3) is 4.33. The summed E-state index contributed by atoms with van der Waals surface area (Å²) in [5, 5.41) is 7.52. The number of imidazole rings is 1. The number of aryl methyl sites for hydroxylation is 1. The van der Waals surface area contributed by atoms with Crippen LogP contribution in [0.15, 0.2) is 24.4 Å². The molecule has 202 valence electrons. The van der Waals surface area contributed by atoms with E-state index < -0.39 is 37.0 Å². The lowest BCUT2D eigenvalue weighted by atomic mass is 10.0. The zero-order chi connectivity index (χ0) is 27.5. The summed E-state index contributed by atoms with van der Waals surface area (Å²) in [6.07, 6.45) is -1.78. The molecule has 5 heterocycles. The summed E-state index contributed by atoms with van der Waals surface area (Å²) in [6.45, 7) is 2.14. The van der Waals surface area contributed by atoms with Crippen LogP contribution in [0.1, 0.15) is 13.6 Å². The van der Waals surface area contributed by atoms with Gasteiger partial charge in [0.05, 0.1) is 45.8 Å². The van der Waals surface area contributed by atoms with E-state index in [2.05, 4.69) is 20.4 Å². The molecule has 0 unspecified atom stereocenters. The Morgan fingerprint density at radius 3 is 2.79 bits per heavy atom. The van der Waals surface area contributed by atoms with Gasteiger partial charge in [0.1, 0.15) is 23.0 Å². The van der Waals surface area contributed by atoms with E-state index in [4.69, 9.17) is 10.8 Å². The van der Waals surface area contributed by atoms with Crippen molar-refractivity contribution < 1.29 is 28.4 Å². The number of rotatable bonds is 7. The summed E-state index contributed by atoms with van der Waals surface area (Å²) < 4.78 is 78.3. The molecule has 0 saturated carbocycles. The van der Waals surface area contributed by atoms with Gasteiger partial charge in [0.15, 0.2) is 5.82 Å². The second-order valence-electron chi connectivity index (χ2n) is 9.51. The molecule has 9 nitrogen and oxygen atoms in total. The van der Waals surface area contributed by atoms with Crippen LogP contribution in [0.4, 0.5) is 23.5 Å². The smallest absolute Gasteiger partial charge is 0.256 e. The Morgan fingerprint density at radius 1 is 1.29 bits per heavy atom. The summed E-state index contributed by atoms with van der Waals surface area (Å²) in [6, 6.07) is 3.17. The minimum absolute atomic E-state index is 0.0168. The molecule has 2 aliphatic heterocycles. The van der Waals surface area contributed by atoms with Gasteiger partial charge >= 0.3 is 0 Å². The van der Waals surface area contributed by atoms with Gasteiger partial charge in [0.25, 0.3) is 6.43 Å². The lowest BCUT2D eigenvalue weighted by Gasteiger charge is -2.42. The Kier molecular flexibility index (Phi) is 6.03. The fourth-order valence-electron chi connectivity index (χ4n) is 5.15. The third-order valence-electron chi connectivity index (χ3n) is 7.14. The van der Waals surface area contributed by atoms with Crippen LogP contribution in [-0.2, 0) is 11.3 Å². The fraction of sp³-hybridized carbons (Fsp3) is 0.480. The molecule has 0 bridgehead atoms. The van der Waals surface area contributed by atoms with Crippen LogP contribution in [-0.4, -0.2) is 87.1 Å². The van der Waals surface area contributed by atoms with Crippen LogP contribution >= 0.6 is 0 Å². The first-order valence-electron chi connectivity index (χ1n) is 12.8. The predicted octanol–water partition coefficient (Wildman–Crippen LogP) is 3.69. The number of anilines is 1. The van der Waals surface area contributed by atoms with E-state index in [1.54, 1.807) is 30.2 Å². The molecular weight excluding hydrogens is 506 g/mol. The minimum Gasteiger partial charge on any atom is -0.479 e. The number of alkyl halides is 3. The molecule has 0 aliphatic carbocycles. The molecule has 4 aromatic rings. The Morgan fingerprint density at radius 2 is 2.11 bits per heavy atom. The van der Waals surface area contributed by atoms with E-state index in [-0.39, 0.29) is 48.4 Å². The van der Waals surface area contributed by atoms with E-state index in [1.165, 1.54) is 22.3 Å². The van der Waals surface area contributed by atoms with Crippen LogP contribution < -0.4 is 10.1 Å². The van der Waals surface area contributed by atoms with Crippen molar-refractivity contribution in [1.29, 1.82) is 0 Å². The number of methoxy groups -OCH3 is 1. The van der Waals surface area contributed by atoms with Crippen molar-refractivity contribution in [1.82, 2.24) is 29.0 Å². The number of fused-ring (bicyclic) bond motifs is 2.